The number of benzene rings is 2. The smallest absolute Gasteiger partial charge is 0.234 e. The number of carbonyl (C=O) groups is 1. The standard InChI is InChI=1S/C19H20N4O2S/c1-3-25-16-7-9-17(10-8-16)26-12-18(24)21-15-6-4-5-14(11-15)19-20-13(2)22-23-19/h4-11H,3,12H2,1-2H3,(H,21,24)(H,20,22,23). The maximum absolute atomic E-state index is 12.2. The van der Waals surface area contributed by atoms with E-state index in [4.69, 9.17) is 4.74 Å². The molecule has 26 heavy (non-hydrogen) atoms. The van der Waals surface area contributed by atoms with Crippen LogP contribution in [0.25, 0.3) is 11.4 Å². The highest BCUT2D eigenvalue weighted by molar-refractivity contribution is 8.00. The Morgan fingerprint density at radius 2 is 2.04 bits per heavy atom. The fourth-order valence-electron chi connectivity index (χ4n) is 2.35. The van der Waals surface area contributed by atoms with Gasteiger partial charge in [-0.2, -0.15) is 5.10 Å². The number of aromatic nitrogens is 3. The molecule has 0 saturated heterocycles. The summed E-state index contributed by atoms with van der Waals surface area (Å²) < 4.78 is 5.41. The van der Waals surface area contributed by atoms with E-state index in [2.05, 4.69) is 20.5 Å². The Kier molecular flexibility index (Phi) is 5.91. The van der Waals surface area contributed by atoms with Gasteiger partial charge < -0.3 is 10.1 Å². The number of rotatable bonds is 7. The monoisotopic (exact) mass is 368 g/mol. The molecule has 2 N–H and O–H groups in total. The van der Waals surface area contributed by atoms with E-state index in [0.29, 0.717) is 18.2 Å². The van der Waals surface area contributed by atoms with E-state index in [0.717, 1.165) is 27.7 Å². The third-order valence-electron chi connectivity index (χ3n) is 3.51. The molecule has 0 aliphatic rings. The summed E-state index contributed by atoms with van der Waals surface area (Å²) in [5, 5.41) is 9.87. The van der Waals surface area contributed by atoms with Crippen molar-refractivity contribution in [2.24, 2.45) is 0 Å². The van der Waals surface area contributed by atoms with Crippen molar-refractivity contribution in [3.63, 3.8) is 0 Å². The molecule has 0 atom stereocenters. The number of H-pyrrole nitrogens is 1. The molecule has 2 aromatic carbocycles. The molecule has 3 aromatic rings. The predicted molar refractivity (Wildman–Crippen MR) is 104 cm³/mol. The van der Waals surface area contributed by atoms with E-state index in [1.807, 2.05) is 62.4 Å². The number of amides is 1. The first-order valence-corrected chi connectivity index (χ1v) is 9.27. The molecule has 1 amide bonds. The van der Waals surface area contributed by atoms with Gasteiger partial charge in [0.25, 0.3) is 0 Å². The van der Waals surface area contributed by atoms with Crippen LogP contribution in [0.2, 0.25) is 0 Å². The zero-order valence-corrected chi connectivity index (χ0v) is 15.5. The van der Waals surface area contributed by atoms with Gasteiger partial charge in [0.2, 0.25) is 5.91 Å². The summed E-state index contributed by atoms with van der Waals surface area (Å²) in [6.07, 6.45) is 0. The van der Waals surface area contributed by atoms with Crippen LogP contribution in [0.5, 0.6) is 5.75 Å². The fourth-order valence-corrected chi connectivity index (χ4v) is 3.05. The third-order valence-corrected chi connectivity index (χ3v) is 4.52. The second-order valence-corrected chi connectivity index (χ2v) is 6.62. The molecule has 6 nitrogen and oxygen atoms in total. The average Bonchev–Trinajstić information content (AvgIpc) is 3.08. The van der Waals surface area contributed by atoms with E-state index >= 15 is 0 Å². The number of thioether (sulfide) groups is 1. The quantitative estimate of drug-likeness (QED) is 0.618. The lowest BCUT2D eigenvalue weighted by Gasteiger charge is -2.07. The van der Waals surface area contributed by atoms with E-state index in [1.54, 1.807) is 0 Å². The summed E-state index contributed by atoms with van der Waals surface area (Å²) in [4.78, 5) is 17.5. The molecule has 0 aliphatic heterocycles. The number of hydrogen-bond donors (Lipinski definition) is 2. The molecule has 0 spiro atoms. The van der Waals surface area contributed by atoms with Crippen LogP contribution in [0.3, 0.4) is 0 Å². The Labute approximate surface area is 156 Å². The van der Waals surface area contributed by atoms with Crippen LogP contribution >= 0.6 is 11.8 Å². The molecule has 3 rings (SSSR count). The minimum atomic E-state index is -0.0628. The molecular formula is C19H20N4O2S. The van der Waals surface area contributed by atoms with Crippen molar-refractivity contribution in [1.29, 1.82) is 0 Å². The molecule has 0 saturated carbocycles. The first kappa shape index (κ1) is 18.0. The zero-order chi connectivity index (χ0) is 18.4. The second-order valence-electron chi connectivity index (χ2n) is 5.57. The van der Waals surface area contributed by atoms with Crippen molar-refractivity contribution >= 4 is 23.4 Å². The van der Waals surface area contributed by atoms with Crippen LogP contribution in [-0.2, 0) is 4.79 Å². The first-order valence-electron chi connectivity index (χ1n) is 8.29. The Morgan fingerprint density at radius 1 is 1.23 bits per heavy atom. The van der Waals surface area contributed by atoms with Crippen LogP contribution in [0, 0.1) is 6.92 Å². The minimum Gasteiger partial charge on any atom is -0.494 e. The Balaban J connectivity index is 1.56. The number of nitrogens with zero attached hydrogens (tertiary/aromatic N) is 2. The summed E-state index contributed by atoms with van der Waals surface area (Å²) in [6.45, 7) is 4.44. The van der Waals surface area contributed by atoms with Gasteiger partial charge in [0.15, 0.2) is 5.82 Å². The zero-order valence-electron chi connectivity index (χ0n) is 14.7. The third kappa shape index (κ3) is 4.86. The number of anilines is 1. The number of aromatic amines is 1. The van der Waals surface area contributed by atoms with E-state index in [1.165, 1.54) is 11.8 Å². The number of carbonyl (C=O) groups excluding carboxylic acids is 1. The van der Waals surface area contributed by atoms with Crippen LogP contribution in [-0.4, -0.2) is 33.4 Å². The van der Waals surface area contributed by atoms with E-state index in [-0.39, 0.29) is 5.91 Å². The average molecular weight is 368 g/mol. The summed E-state index contributed by atoms with van der Waals surface area (Å²) in [6, 6.07) is 15.2. The van der Waals surface area contributed by atoms with Crippen LogP contribution < -0.4 is 10.1 Å². The molecule has 1 heterocycles. The number of nitrogens with one attached hydrogen (secondary N) is 2. The molecule has 0 bridgehead atoms. The summed E-state index contributed by atoms with van der Waals surface area (Å²) in [7, 11) is 0. The minimum absolute atomic E-state index is 0.0628. The summed E-state index contributed by atoms with van der Waals surface area (Å²) >= 11 is 1.48. The van der Waals surface area contributed by atoms with Gasteiger partial charge in [0.05, 0.1) is 12.4 Å². The lowest BCUT2D eigenvalue weighted by atomic mass is 10.2. The van der Waals surface area contributed by atoms with Crippen LogP contribution in [0.15, 0.2) is 53.4 Å². The molecule has 134 valence electrons. The van der Waals surface area contributed by atoms with Gasteiger partial charge in [0.1, 0.15) is 11.6 Å². The predicted octanol–water partition coefficient (Wildman–Crippen LogP) is 3.91. The Hall–Kier alpha value is -2.80. The largest absolute Gasteiger partial charge is 0.494 e. The van der Waals surface area contributed by atoms with Crippen molar-refractivity contribution < 1.29 is 9.53 Å². The lowest BCUT2D eigenvalue weighted by molar-refractivity contribution is -0.113. The maximum atomic E-state index is 12.2. The summed E-state index contributed by atoms with van der Waals surface area (Å²) in [5.74, 6) is 2.47. The van der Waals surface area contributed by atoms with Gasteiger partial charge in [-0.25, -0.2) is 4.98 Å². The molecule has 0 radical (unpaired) electrons. The van der Waals surface area contributed by atoms with Crippen molar-refractivity contribution in [1.82, 2.24) is 15.2 Å². The normalized spacial score (nSPS) is 10.5. The van der Waals surface area contributed by atoms with Crippen molar-refractivity contribution in [2.45, 2.75) is 18.7 Å². The molecule has 0 fully saturated rings. The van der Waals surface area contributed by atoms with Crippen molar-refractivity contribution in [2.75, 3.05) is 17.7 Å². The number of hydrogen-bond acceptors (Lipinski definition) is 5. The molecule has 1 aromatic heterocycles. The van der Waals surface area contributed by atoms with Gasteiger partial charge in [-0.1, -0.05) is 12.1 Å². The SMILES string of the molecule is CCOc1ccc(SCC(=O)Nc2cccc(-c3n[nH]c(C)n3)c2)cc1. The van der Waals surface area contributed by atoms with Gasteiger partial charge >= 0.3 is 0 Å². The van der Waals surface area contributed by atoms with E-state index < -0.39 is 0 Å². The van der Waals surface area contributed by atoms with E-state index in [9.17, 15) is 4.79 Å². The highest BCUT2D eigenvalue weighted by Gasteiger charge is 2.07. The highest BCUT2D eigenvalue weighted by Crippen LogP contribution is 2.23. The first-order chi connectivity index (χ1) is 12.6. The lowest BCUT2D eigenvalue weighted by Crippen LogP contribution is -2.13. The molecule has 0 aliphatic carbocycles. The van der Waals surface area contributed by atoms with Crippen LogP contribution in [0.4, 0.5) is 5.69 Å². The van der Waals surface area contributed by atoms with Gasteiger partial charge in [-0.15, -0.1) is 11.8 Å². The van der Waals surface area contributed by atoms with Crippen molar-refractivity contribution in [3.8, 4) is 17.1 Å². The number of ether oxygens (including phenoxy) is 1. The van der Waals surface area contributed by atoms with Crippen molar-refractivity contribution in [3.05, 3.63) is 54.4 Å². The fraction of sp³-hybridized carbons (Fsp3) is 0.211. The topological polar surface area (TPSA) is 79.9 Å². The number of aryl methyl sites for hydroxylation is 1. The van der Waals surface area contributed by atoms with Gasteiger partial charge in [0, 0.05) is 16.1 Å². The molecular weight excluding hydrogens is 348 g/mol. The summed E-state index contributed by atoms with van der Waals surface area (Å²) in [5.41, 5.74) is 1.58. The molecule has 7 heteroatoms. The van der Waals surface area contributed by atoms with Gasteiger partial charge in [-0.05, 0) is 50.2 Å². The Bertz CT molecular complexity index is 877. The second kappa shape index (κ2) is 8.53. The Morgan fingerprint density at radius 3 is 2.73 bits per heavy atom. The highest BCUT2D eigenvalue weighted by atomic mass is 32.2. The van der Waals surface area contributed by atoms with Gasteiger partial charge in [-0.3, -0.25) is 9.89 Å². The molecule has 0 unspecified atom stereocenters. The maximum Gasteiger partial charge on any atom is 0.234 e. The van der Waals surface area contributed by atoms with Crippen LogP contribution in [0.1, 0.15) is 12.7 Å².